The normalized spacial score (nSPS) is 9.88. The fourth-order valence-electron chi connectivity index (χ4n) is 1.33. The van der Waals surface area contributed by atoms with Crippen LogP contribution in [0.4, 0.5) is 0 Å². The Morgan fingerprint density at radius 3 is 2.94 bits per heavy atom. The van der Waals surface area contributed by atoms with Crippen molar-refractivity contribution in [1.82, 2.24) is 4.98 Å². The molecule has 1 heterocycles. The van der Waals surface area contributed by atoms with E-state index in [1.54, 1.807) is 6.92 Å². The maximum atomic E-state index is 11.1. The highest BCUT2D eigenvalue weighted by molar-refractivity contribution is 5.69. The number of aromatic nitrogens is 1. The maximum Gasteiger partial charge on any atom is 0.306 e. The molecular weight excluding hydrogens is 210 g/mol. The molecular formula is C11H15NO4. The fourth-order valence-corrected chi connectivity index (χ4v) is 1.33. The Morgan fingerprint density at radius 2 is 2.31 bits per heavy atom. The molecule has 0 atom stereocenters. The van der Waals surface area contributed by atoms with Crippen LogP contribution in [0.25, 0.3) is 0 Å². The van der Waals surface area contributed by atoms with Gasteiger partial charge in [-0.15, -0.1) is 0 Å². The van der Waals surface area contributed by atoms with Gasteiger partial charge in [0.1, 0.15) is 0 Å². The summed E-state index contributed by atoms with van der Waals surface area (Å²) < 4.78 is 9.80. The fraction of sp³-hybridized carbons (Fsp3) is 0.455. The second-order valence-electron chi connectivity index (χ2n) is 3.12. The highest BCUT2D eigenvalue weighted by atomic mass is 16.5. The van der Waals surface area contributed by atoms with Gasteiger partial charge in [0.15, 0.2) is 11.5 Å². The molecule has 0 aliphatic heterocycles. The van der Waals surface area contributed by atoms with Crippen molar-refractivity contribution in [2.45, 2.75) is 19.8 Å². The third-order valence-electron chi connectivity index (χ3n) is 2.03. The summed E-state index contributed by atoms with van der Waals surface area (Å²) in [7, 11) is 1.45. The summed E-state index contributed by atoms with van der Waals surface area (Å²) >= 11 is 0. The van der Waals surface area contributed by atoms with E-state index in [2.05, 4.69) is 4.98 Å². The molecule has 0 amide bonds. The first-order valence-corrected chi connectivity index (χ1v) is 5.05. The van der Waals surface area contributed by atoms with E-state index in [1.165, 1.54) is 19.4 Å². The maximum absolute atomic E-state index is 11.1. The Balaban J connectivity index is 2.66. The minimum atomic E-state index is -0.283. The number of carbonyl (C=O) groups is 1. The van der Waals surface area contributed by atoms with Crippen LogP contribution in [0.15, 0.2) is 12.3 Å². The summed E-state index contributed by atoms with van der Waals surface area (Å²) in [5.41, 5.74) is 0.551. The van der Waals surface area contributed by atoms with Crippen LogP contribution in [-0.4, -0.2) is 29.8 Å². The Bertz CT molecular complexity index is 365. The minimum absolute atomic E-state index is 0.0244. The van der Waals surface area contributed by atoms with E-state index in [-0.39, 0.29) is 18.1 Å². The van der Waals surface area contributed by atoms with E-state index in [0.29, 0.717) is 24.5 Å². The lowest BCUT2D eigenvalue weighted by Crippen LogP contribution is -2.06. The zero-order valence-electron chi connectivity index (χ0n) is 9.40. The standard InChI is InChI=1S/C11H15NO4/c1-3-16-10(14)5-4-8-11(15-2)9(13)6-7-12-8/h6-7H,3-5H2,1-2H3,(H,12,13). The summed E-state index contributed by atoms with van der Waals surface area (Å²) in [6.45, 7) is 2.12. The van der Waals surface area contributed by atoms with Crippen molar-refractivity contribution in [2.75, 3.05) is 13.7 Å². The lowest BCUT2D eigenvalue weighted by molar-refractivity contribution is -0.143. The molecule has 0 aromatic carbocycles. The van der Waals surface area contributed by atoms with E-state index in [0.717, 1.165) is 0 Å². The van der Waals surface area contributed by atoms with Gasteiger partial charge in [0.05, 0.1) is 25.8 Å². The first kappa shape index (κ1) is 12.3. The highest BCUT2D eigenvalue weighted by Gasteiger charge is 2.11. The van der Waals surface area contributed by atoms with Gasteiger partial charge in [0.2, 0.25) is 0 Å². The molecule has 0 saturated carbocycles. The average molecular weight is 225 g/mol. The van der Waals surface area contributed by atoms with Crippen LogP contribution < -0.4 is 4.74 Å². The van der Waals surface area contributed by atoms with E-state index in [9.17, 15) is 9.90 Å². The lowest BCUT2D eigenvalue weighted by atomic mass is 10.2. The van der Waals surface area contributed by atoms with Gasteiger partial charge >= 0.3 is 5.97 Å². The molecule has 0 spiro atoms. The van der Waals surface area contributed by atoms with Gasteiger partial charge < -0.3 is 14.6 Å². The van der Waals surface area contributed by atoms with Crippen LogP contribution in [-0.2, 0) is 16.0 Å². The number of carbonyl (C=O) groups excluding carboxylic acids is 1. The monoisotopic (exact) mass is 225 g/mol. The number of esters is 1. The van der Waals surface area contributed by atoms with Gasteiger partial charge in [0.25, 0.3) is 0 Å². The molecule has 1 rings (SSSR count). The number of rotatable bonds is 5. The first-order valence-electron chi connectivity index (χ1n) is 5.05. The quantitative estimate of drug-likeness (QED) is 0.765. The van der Waals surface area contributed by atoms with Crippen LogP contribution in [0, 0.1) is 0 Å². The van der Waals surface area contributed by atoms with Crippen LogP contribution in [0.3, 0.4) is 0 Å². The topological polar surface area (TPSA) is 68.7 Å². The molecule has 1 aromatic rings. The van der Waals surface area contributed by atoms with Crippen molar-refractivity contribution in [3.05, 3.63) is 18.0 Å². The molecule has 88 valence electrons. The number of nitrogens with zero attached hydrogens (tertiary/aromatic N) is 1. The number of aromatic hydroxyl groups is 1. The summed E-state index contributed by atoms with van der Waals surface area (Å²) in [5.74, 6) is 0.0536. The number of ether oxygens (including phenoxy) is 2. The van der Waals surface area contributed by atoms with E-state index >= 15 is 0 Å². The third kappa shape index (κ3) is 3.12. The Labute approximate surface area is 94.0 Å². The SMILES string of the molecule is CCOC(=O)CCc1nccc(O)c1OC. The van der Waals surface area contributed by atoms with Crippen molar-refractivity contribution in [3.63, 3.8) is 0 Å². The molecule has 0 bridgehead atoms. The second-order valence-corrected chi connectivity index (χ2v) is 3.12. The van der Waals surface area contributed by atoms with Crippen molar-refractivity contribution in [2.24, 2.45) is 0 Å². The molecule has 0 radical (unpaired) electrons. The molecule has 0 aliphatic carbocycles. The molecule has 0 saturated heterocycles. The zero-order chi connectivity index (χ0) is 12.0. The lowest BCUT2D eigenvalue weighted by Gasteiger charge is -2.08. The van der Waals surface area contributed by atoms with Gasteiger partial charge in [0, 0.05) is 18.7 Å². The molecule has 1 aromatic heterocycles. The first-order chi connectivity index (χ1) is 7.69. The van der Waals surface area contributed by atoms with Crippen molar-refractivity contribution < 1.29 is 19.4 Å². The smallest absolute Gasteiger partial charge is 0.306 e. The van der Waals surface area contributed by atoms with Crippen molar-refractivity contribution in [3.8, 4) is 11.5 Å². The molecule has 0 fully saturated rings. The third-order valence-corrected chi connectivity index (χ3v) is 2.03. The Kier molecular flexibility index (Phi) is 4.57. The van der Waals surface area contributed by atoms with Gasteiger partial charge in [-0.2, -0.15) is 0 Å². The summed E-state index contributed by atoms with van der Waals surface area (Å²) in [4.78, 5) is 15.2. The van der Waals surface area contributed by atoms with E-state index in [1.807, 2.05) is 0 Å². The summed E-state index contributed by atoms with van der Waals surface area (Å²) in [6, 6.07) is 1.44. The molecule has 1 N–H and O–H groups in total. The van der Waals surface area contributed by atoms with Crippen molar-refractivity contribution in [1.29, 1.82) is 0 Å². The predicted molar refractivity (Wildman–Crippen MR) is 57.4 cm³/mol. The predicted octanol–water partition coefficient (Wildman–Crippen LogP) is 1.29. The zero-order valence-corrected chi connectivity index (χ0v) is 9.40. The van der Waals surface area contributed by atoms with Crippen LogP contribution >= 0.6 is 0 Å². The Hall–Kier alpha value is -1.78. The van der Waals surface area contributed by atoms with Gasteiger partial charge in [-0.1, -0.05) is 0 Å². The van der Waals surface area contributed by atoms with Crippen LogP contribution in [0.5, 0.6) is 11.5 Å². The second kappa shape index (κ2) is 5.95. The average Bonchev–Trinajstić information content (AvgIpc) is 2.27. The van der Waals surface area contributed by atoms with E-state index in [4.69, 9.17) is 9.47 Å². The van der Waals surface area contributed by atoms with Gasteiger partial charge in [-0.3, -0.25) is 9.78 Å². The minimum Gasteiger partial charge on any atom is -0.504 e. The largest absolute Gasteiger partial charge is 0.504 e. The molecule has 5 nitrogen and oxygen atoms in total. The molecule has 5 heteroatoms. The molecule has 0 aliphatic rings. The van der Waals surface area contributed by atoms with E-state index < -0.39 is 0 Å². The number of methoxy groups -OCH3 is 1. The number of hydrogen-bond acceptors (Lipinski definition) is 5. The Morgan fingerprint density at radius 1 is 1.56 bits per heavy atom. The molecule has 16 heavy (non-hydrogen) atoms. The summed E-state index contributed by atoms with van der Waals surface area (Å²) in [6.07, 6.45) is 2.08. The number of aryl methyl sites for hydroxylation is 1. The number of pyridine rings is 1. The van der Waals surface area contributed by atoms with Crippen molar-refractivity contribution >= 4 is 5.97 Å². The van der Waals surface area contributed by atoms with Gasteiger partial charge in [-0.25, -0.2) is 0 Å². The van der Waals surface area contributed by atoms with Crippen LogP contribution in [0.1, 0.15) is 19.0 Å². The summed E-state index contributed by atoms with van der Waals surface area (Å²) in [5, 5.41) is 9.48. The number of hydrogen-bond donors (Lipinski definition) is 1. The highest BCUT2D eigenvalue weighted by Crippen LogP contribution is 2.28. The van der Waals surface area contributed by atoms with Crippen LogP contribution in [0.2, 0.25) is 0 Å². The van der Waals surface area contributed by atoms with Gasteiger partial charge in [-0.05, 0) is 6.92 Å². The molecule has 0 unspecified atom stereocenters.